The van der Waals surface area contributed by atoms with E-state index in [1.54, 1.807) is 6.20 Å². The predicted octanol–water partition coefficient (Wildman–Crippen LogP) is -2.99. The van der Waals surface area contributed by atoms with Gasteiger partial charge < -0.3 is 98.8 Å². The lowest BCUT2D eigenvalue weighted by Crippen LogP contribution is -2.60. The Hall–Kier alpha value is -11.4. The molecular weight excluding hydrogens is 1300 g/mol. The highest BCUT2D eigenvalue weighted by atomic mass is 16.4. The Balaban J connectivity index is 1.49. The van der Waals surface area contributed by atoms with Crippen molar-refractivity contribution in [3.05, 3.63) is 66.5 Å². The SMILES string of the molecule is CCCCC(=O)NCc1cn(CCCCC(=O)NC(CCC(=O)O)C(=O)NC(Cc2cnc[nH]2)C(=O)NC(CCC(=O)O)C(=O)NC(Cc2cnc[nH]2)C(=O)NC(CCC(=O)O)C(=O)NC(Cc2cnc[nH]2)C(=O)NCCCCC(NC(=O)NC(CCC(=O)O)C(=O)O)C(=O)O)nn1. The van der Waals surface area contributed by atoms with Gasteiger partial charge in [0.1, 0.15) is 54.0 Å². The highest BCUT2D eigenvalue weighted by Crippen LogP contribution is 2.12. The number of aromatic nitrogens is 9. The molecule has 536 valence electrons. The number of carbonyl (C=O) groups is 15. The number of nitrogens with one attached hydrogen (secondary N) is 13. The molecule has 0 aliphatic carbocycles. The largest absolute Gasteiger partial charge is 0.481 e. The molecule has 0 aliphatic heterocycles. The second-order valence-electron chi connectivity index (χ2n) is 22.5. The Labute approximate surface area is 558 Å². The molecule has 0 radical (unpaired) electrons. The number of rotatable bonds is 49. The summed E-state index contributed by atoms with van der Waals surface area (Å²) in [5.74, 6) is -15.8. The first-order chi connectivity index (χ1) is 46.7. The third-order valence-corrected chi connectivity index (χ3v) is 14.6. The van der Waals surface area contributed by atoms with Gasteiger partial charge in [-0.25, -0.2) is 29.3 Å². The van der Waals surface area contributed by atoms with Crippen molar-refractivity contribution in [2.75, 3.05) is 6.54 Å². The van der Waals surface area contributed by atoms with Gasteiger partial charge in [0.05, 0.1) is 31.7 Å². The van der Waals surface area contributed by atoms with Crippen LogP contribution in [0.4, 0.5) is 4.79 Å². The maximum Gasteiger partial charge on any atom is 0.326 e. The molecule has 4 heterocycles. The normalized spacial score (nSPS) is 13.4. The maximum atomic E-state index is 14.5. The van der Waals surface area contributed by atoms with Crippen LogP contribution in [0.3, 0.4) is 0 Å². The fourth-order valence-electron chi connectivity index (χ4n) is 9.37. The first-order valence-corrected chi connectivity index (χ1v) is 31.3. The first kappa shape index (κ1) is 79.1. The lowest BCUT2D eigenvalue weighted by Gasteiger charge is -2.27. The number of imidazole rings is 3. The number of carbonyl (C=O) groups excluding carboxylic acids is 9. The summed E-state index contributed by atoms with van der Waals surface area (Å²) >= 11 is 0. The first-order valence-electron chi connectivity index (χ1n) is 31.3. The van der Waals surface area contributed by atoms with Gasteiger partial charge in [0.2, 0.25) is 47.3 Å². The summed E-state index contributed by atoms with van der Waals surface area (Å²) in [6.07, 6.45) is 5.72. The number of unbranched alkanes of at least 4 members (excludes halogenated alkanes) is 3. The monoisotopic (exact) mass is 1380 g/mol. The van der Waals surface area contributed by atoms with E-state index in [9.17, 15) is 97.5 Å². The van der Waals surface area contributed by atoms with E-state index in [1.165, 1.54) is 42.3 Å². The number of aryl methyl sites for hydroxylation is 1. The Kier molecular flexibility index (Phi) is 34.0. The van der Waals surface area contributed by atoms with Gasteiger partial charge in [-0.05, 0) is 64.2 Å². The van der Waals surface area contributed by atoms with Crippen LogP contribution in [0.15, 0.2) is 43.8 Å². The topological polar surface area (TPSA) is 614 Å². The van der Waals surface area contributed by atoms with Gasteiger partial charge in [-0.2, -0.15) is 0 Å². The van der Waals surface area contributed by atoms with Crippen molar-refractivity contribution in [2.45, 2.75) is 197 Å². The third kappa shape index (κ3) is 30.8. The van der Waals surface area contributed by atoms with Crippen molar-refractivity contribution >= 4 is 89.1 Å². The molecule has 0 spiro atoms. The van der Waals surface area contributed by atoms with Crippen LogP contribution < -0.4 is 53.2 Å². The number of hydrogen-bond acceptors (Lipinski definition) is 20. The molecule has 0 saturated carbocycles. The van der Waals surface area contributed by atoms with Gasteiger partial charge in [0.15, 0.2) is 0 Å². The standard InChI is InChI=1S/C58H83N19O21/c1-2-3-9-44(78)63-27-35-28-77(76-75-35)20-7-5-10-45(79)67-36(11-15-46(80)81)51(89)71-42(22-33-25-60-30-65-33)54(92)69-38(13-17-48(84)85)53(91)72-43(23-34-26-61-31-66-34)55(93)68-37(12-16-47(82)83)52(90)70-41(21-32-24-59-29-64-32)50(88)62-19-6-4-8-39(56(94)95)73-58(98)74-40(57(96)97)14-18-49(86)87/h24-26,28-31,36-43H,2-23,27H2,1H3,(H,59,64)(H,60,65)(H,61,66)(H,62,88)(H,63,78)(H,67,79)(H,68,93)(H,69,92)(H,70,90)(H,71,89)(H,72,91)(H,80,81)(H,82,83)(H,84,85)(H,86,87)(H,94,95)(H,96,97)(H2,73,74,98). The fourth-order valence-corrected chi connectivity index (χ4v) is 9.37. The zero-order chi connectivity index (χ0) is 72.1. The van der Waals surface area contributed by atoms with E-state index < -0.39 is 189 Å². The number of hydrogen-bond donors (Lipinski definition) is 19. The van der Waals surface area contributed by atoms with E-state index in [1.807, 2.05) is 12.2 Å². The predicted molar refractivity (Wildman–Crippen MR) is 333 cm³/mol. The smallest absolute Gasteiger partial charge is 0.326 e. The summed E-state index contributed by atoms with van der Waals surface area (Å²) in [6.45, 7) is 2.32. The lowest BCUT2D eigenvalue weighted by molar-refractivity contribution is -0.141. The second-order valence-corrected chi connectivity index (χ2v) is 22.5. The molecule has 0 aromatic carbocycles. The van der Waals surface area contributed by atoms with Crippen LogP contribution in [0, 0.1) is 0 Å². The molecule has 0 saturated heterocycles. The summed E-state index contributed by atoms with van der Waals surface area (Å²) in [5.41, 5.74) is 1.28. The fraction of sp³-hybridized carbons (Fsp3) is 0.552. The van der Waals surface area contributed by atoms with E-state index in [0.29, 0.717) is 30.8 Å². The maximum absolute atomic E-state index is 14.5. The van der Waals surface area contributed by atoms with E-state index >= 15 is 0 Å². The minimum atomic E-state index is -1.81. The molecule has 0 fully saturated rings. The zero-order valence-corrected chi connectivity index (χ0v) is 53.4. The molecule has 40 nitrogen and oxygen atoms in total. The summed E-state index contributed by atoms with van der Waals surface area (Å²) in [5, 5.41) is 89.3. The van der Waals surface area contributed by atoms with Gasteiger partial charge in [-0.3, -0.25) is 62.2 Å². The van der Waals surface area contributed by atoms with E-state index in [2.05, 4.69) is 88.1 Å². The summed E-state index contributed by atoms with van der Waals surface area (Å²) in [6, 6.07) is -14.4. The van der Waals surface area contributed by atoms with Gasteiger partial charge >= 0.3 is 41.8 Å². The van der Waals surface area contributed by atoms with Crippen LogP contribution in [0.25, 0.3) is 0 Å². The van der Waals surface area contributed by atoms with Gasteiger partial charge in [-0.1, -0.05) is 18.6 Å². The number of carboxylic acids is 6. The molecule has 4 aromatic heterocycles. The van der Waals surface area contributed by atoms with Crippen molar-refractivity contribution in [1.29, 1.82) is 0 Å². The molecule has 10 amide bonds. The van der Waals surface area contributed by atoms with Crippen LogP contribution in [0.5, 0.6) is 0 Å². The van der Waals surface area contributed by atoms with Crippen molar-refractivity contribution in [1.82, 2.24) is 98.1 Å². The number of carboxylic acid groups (broad SMARTS) is 6. The number of amides is 10. The van der Waals surface area contributed by atoms with Crippen molar-refractivity contribution < 1.29 is 103 Å². The molecule has 4 rings (SSSR count). The number of aromatic amines is 3. The Morgan fingerprint density at radius 2 is 0.816 bits per heavy atom. The molecule has 0 aliphatic rings. The quantitative estimate of drug-likeness (QED) is 0.0196. The van der Waals surface area contributed by atoms with Gasteiger partial charge in [0.25, 0.3) is 0 Å². The molecule has 8 unspecified atom stereocenters. The third-order valence-electron chi connectivity index (χ3n) is 14.6. The number of H-pyrrole nitrogens is 3. The molecule has 40 heteroatoms. The molecule has 8 atom stereocenters. The van der Waals surface area contributed by atoms with Crippen LogP contribution in [-0.4, -0.2) is 220 Å². The van der Waals surface area contributed by atoms with Crippen LogP contribution in [0.2, 0.25) is 0 Å². The van der Waals surface area contributed by atoms with Gasteiger partial charge in [-0.15, -0.1) is 5.10 Å². The van der Waals surface area contributed by atoms with Crippen LogP contribution in [-0.2, 0) is 99.5 Å². The summed E-state index contributed by atoms with van der Waals surface area (Å²) in [4.78, 5) is 213. The molecule has 98 heavy (non-hydrogen) atoms. The number of nitrogens with zero attached hydrogens (tertiary/aromatic N) is 6. The highest BCUT2D eigenvalue weighted by Gasteiger charge is 2.35. The van der Waals surface area contributed by atoms with E-state index in [0.717, 1.165) is 12.8 Å². The van der Waals surface area contributed by atoms with Crippen LogP contribution >= 0.6 is 0 Å². The summed E-state index contributed by atoms with van der Waals surface area (Å²) in [7, 11) is 0. The minimum Gasteiger partial charge on any atom is -0.481 e. The zero-order valence-electron chi connectivity index (χ0n) is 53.4. The number of urea groups is 1. The molecule has 4 aromatic rings. The van der Waals surface area contributed by atoms with Crippen molar-refractivity contribution in [2.24, 2.45) is 0 Å². The summed E-state index contributed by atoms with van der Waals surface area (Å²) < 4.78 is 1.53. The van der Waals surface area contributed by atoms with E-state index in [-0.39, 0.29) is 75.3 Å². The average Bonchev–Trinajstić information content (AvgIpc) is 1.06. The molecule has 0 bridgehead atoms. The minimum absolute atomic E-state index is 0.0378. The number of aliphatic carboxylic acids is 6. The van der Waals surface area contributed by atoms with Gasteiger partial charge in [0, 0.05) is 107 Å². The van der Waals surface area contributed by atoms with Crippen molar-refractivity contribution in [3.63, 3.8) is 0 Å². The van der Waals surface area contributed by atoms with Crippen LogP contribution in [0.1, 0.15) is 139 Å². The molecule has 19 N–H and O–H groups in total. The highest BCUT2D eigenvalue weighted by molar-refractivity contribution is 5.98. The molecular formula is C58H83N19O21. The average molecular weight is 1380 g/mol. The van der Waals surface area contributed by atoms with Crippen molar-refractivity contribution in [3.8, 4) is 0 Å². The lowest BCUT2D eigenvalue weighted by atomic mass is 10.0. The Morgan fingerprint density at radius 1 is 0.418 bits per heavy atom. The van der Waals surface area contributed by atoms with E-state index in [4.69, 9.17) is 5.11 Å². The Bertz CT molecular complexity index is 3310. The second kappa shape index (κ2) is 42.1. The Morgan fingerprint density at radius 3 is 1.23 bits per heavy atom.